The van der Waals surface area contributed by atoms with Gasteiger partial charge in [0.25, 0.3) is 0 Å². The second-order valence-electron chi connectivity index (χ2n) is 19.1. The number of rotatable bonds is 8. The van der Waals surface area contributed by atoms with E-state index in [1.807, 2.05) is 48.5 Å². The lowest BCUT2D eigenvalue weighted by Gasteiger charge is -2.10. The zero-order valence-corrected chi connectivity index (χ0v) is 40.4. The van der Waals surface area contributed by atoms with Crippen molar-refractivity contribution in [3.63, 3.8) is 0 Å². The predicted octanol–water partition coefficient (Wildman–Crippen LogP) is 18.4. The second-order valence-corrected chi connectivity index (χ2v) is 19.1. The van der Waals surface area contributed by atoms with Crippen molar-refractivity contribution in [3.05, 3.63) is 255 Å². The summed E-state index contributed by atoms with van der Waals surface area (Å²) in [5.41, 5.74) is 18.3. The van der Waals surface area contributed by atoms with E-state index < -0.39 is 0 Å². The van der Waals surface area contributed by atoms with Crippen molar-refractivity contribution >= 4 is 65.7 Å². The summed E-state index contributed by atoms with van der Waals surface area (Å²) in [5, 5.41) is 6.52. The Morgan fingerprint density at radius 2 is 0.760 bits per heavy atom. The molecule has 6 nitrogen and oxygen atoms in total. The minimum absolute atomic E-state index is 0.577. The molecule has 0 aliphatic heterocycles. The number of hydrogen-bond donors (Lipinski definition) is 0. The molecular weight excluding hydrogens is 917 g/mol. The van der Waals surface area contributed by atoms with E-state index in [1.165, 1.54) is 21.9 Å². The van der Waals surface area contributed by atoms with Crippen LogP contribution in [-0.2, 0) is 0 Å². The van der Waals surface area contributed by atoms with Gasteiger partial charge in [-0.2, -0.15) is 0 Å². The van der Waals surface area contributed by atoms with Crippen LogP contribution in [0.25, 0.3) is 150 Å². The summed E-state index contributed by atoms with van der Waals surface area (Å²) in [6.07, 6.45) is 0. The molecule has 0 radical (unpaired) electrons. The molecule has 15 rings (SSSR count). The quantitative estimate of drug-likeness (QED) is 0.152. The molecule has 0 amide bonds. The van der Waals surface area contributed by atoms with E-state index in [4.69, 9.17) is 23.8 Å². The van der Waals surface area contributed by atoms with Gasteiger partial charge in [0.1, 0.15) is 22.3 Å². The number of para-hydroxylation sites is 2. The van der Waals surface area contributed by atoms with Gasteiger partial charge in [-0.05, 0) is 99.6 Å². The summed E-state index contributed by atoms with van der Waals surface area (Å²) in [7, 11) is 0. The van der Waals surface area contributed by atoms with Gasteiger partial charge in [-0.15, -0.1) is 0 Å². The van der Waals surface area contributed by atoms with Crippen molar-refractivity contribution in [3.8, 4) is 84.4 Å². The number of fused-ring (bicyclic) bond motifs is 9. The number of furan rings is 2. The molecule has 0 unspecified atom stereocenters. The first-order valence-corrected chi connectivity index (χ1v) is 25.2. The van der Waals surface area contributed by atoms with Gasteiger partial charge in [-0.25, -0.2) is 15.0 Å². The molecule has 4 heterocycles. The maximum Gasteiger partial charge on any atom is 0.164 e. The van der Waals surface area contributed by atoms with Crippen molar-refractivity contribution in [1.82, 2.24) is 19.5 Å². The van der Waals surface area contributed by atoms with Crippen molar-refractivity contribution < 1.29 is 8.83 Å². The van der Waals surface area contributed by atoms with E-state index in [0.717, 1.165) is 111 Å². The van der Waals surface area contributed by atoms with Crippen LogP contribution in [0.1, 0.15) is 0 Å². The third kappa shape index (κ3) is 7.22. The van der Waals surface area contributed by atoms with Crippen LogP contribution < -0.4 is 0 Å². The third-order valence-electron chi connectivity index (χ3n) is 14.7. The highest BCUT2D eigenvalue weighted by atomic mass is 16.3. The van der Waals surface area contributed by atoms with E-state index in [9.17, 15) is 0 Å². The molecule has 0 N–H and O–H groups in total. The number of hydrogen-bond acceptors (Lipinski definition) is 5. The van der Waals surface area contributed by atoms with Gasteiger partial charge < -0.3 is 13.4 Å². The topological polar surface area (TPSA) is 69.9 Å². The van der Waals surface area contributed by atoms with E-state index in [-0.39, 0.29) is 0 Å². The van der Waals surface area contributed by atoms with Crippen molar-refractivity contribution in [2.24, 2.45) is 0 Å². The summed E-state index contributed by atoms with van der Waals surface area (Å²) in [6.45, 7) is 0. The normalized spacial score (nSPS) is 11.7. The fourth-order valence-corrected chi connectivity index (χ4v) is 11.1. The minimum atomic E-state index is 0.577. The molecule has 75 heavy (non-hydrogen) atoms. The highest BCUT2D eigenvalue weighted by Crippen LogP contribution is 2.43. The van der Waals surface area contributed by atoms with Crippen LogP contribution >= 0.6 is 0 Å². The lowest BCUT2D eigenvalue weighted by atomic mass is 9.96. The molecule has 0 aliphatic rings. The molecular formula is C69H42N4O2. The van der Waals surface area contributed by atoms with E-state index in [2.05, 4.69) is 211 Å². The summed E-state index contributed by atoms with van der Waals surface area (Å²) in [6, 6.07) is 89.3. The van der Waals surface area contributed by atoms with E-state index in [0.29, 0.717) is 17.5 Å². The van der Waals surface area contributed by atoms with Gasteiger partial charge >= 0.3 is 0 Å². The van der Waals surface area contributed by atoms with Gasteiger partial charge in [0.2, 0.25) is 0 Å². The largest absolute Gasteiger partial charge is 0.456 e. The predicted molar refractivity (Wildman–Crippen MR) is 307 cm³/mol. The Hall–Kier alpha value is -10.2. The van der Waals surface area contributed by atoms with Crippen LogP contribution in [-0.4, -0.2) is 19.5 Å². The summed E-state index contributed by atoms with van der Waals surface area (Å²) in [5.74, 6) is 1.78. The molecule has 4 aromatic heterocycles. The van der Waals surface area contributed by atoms with Crippen molar-refractivity contribution in [2.45, 2.75) is 0 Å². The average molecular weight is 959 g/mol. The molecule has 0 saturated heterocycles. The molecule has 350 valence electrons. The average Bonchev–Trinajstić information content (AvgIpc) is 4.18. The fraction of sp³-hybridized carbons (Fsp3) is 0. The molecule has 6 heteroatoms. The first kappa shape index (κ1) is 42.5. The Labute approximate surface area is 431 Å². The molecule has 0 saturated carbocycles. The van der Waals surface area contributed by atoms with Gasteiger partial charge in [-0.3, -0.25) is 0 Å². The SMILES string of the molecule is c1ccc(-c2ccc(-c3nc(-c4ccccc4)nc(-c4cccc5oc6c(-c7cccc(-c8ccc9oc%10ccc(-n%11c%12ccccc%12c%12cc(-c%13ccccc%13)ccc%12%11)cc%10c9c8)c7)cccc6c45)n3)cc2)cc1. The third-order valence-corrected chi connectivity index (χ3v) is 14.7. The zero-order chi connectivity index (χ0) is 49.4. The molecule has 0 atom stereocenters. The van der Waals surface area contributed by atoms with Gasteiger partial charge in [0, 0.05) is 60.3 Å². The molecule has 15 aromatic rings. The lowest BCUT2D eigenvalue weighted by molar-refractivity contribution is 0.669. The maximum absolute atomic E-state index is 6.86. The van der Waals surface area contributed by atoms with Crippen LogP contribution in [0.2, 0.25) is 0 Å². The molecule has 0 fully saturated rings. The standard InChI is InChI=1S/C69H42N4O2/c1-4-15-43(16-5-1)45-29-31-47(32-30-45)68-70-67(46-19-8-3-9-20-46)71-69(72-68)56-26-14-28-64-65(56)55-25-13-24-53(66(55)75-64)51-22-12-21-48(39-51)50-34-37-62-58(41-50)59-42-52(35-38-63(59)74-62)73-60-27-11-10-23-54(60)57-40-49(33-36-61(57)73)44-17-6-2-7-18-44/h1-42H. The highest BCUT2D eigenvalue weighted by Gasteiger charge is 2.21. The summed E-state index contributed by atoms with van der Waals surface area (Å²) >= 11 is 0. The van der Waals surface area contributed by atoms with Crippen LogP contribution in [0.5, 0.6) is 0 Å². The van der Waals surface area contributed by atoms with Crippen LogP contribution in [0.15, 0.2) is 264 Å². The van der Waals surface area contributed by atoms with Crippen molar-refractivity contribution in [2.75, 3.05) is 0 Å². The molecule has 0 spiro atoms. The minimum Gasteiger partial charge on any atom is -0.456 e. The number of aromatic nitrogens is 4. The van der Waals surface area contributed by atoms with Crippen LogP contribution in [0.4, 0.5) is 0 Å². The van der Waals surface area contributed by atoms with Gasteiger partial charge in [0.15, 0.2) is 17.5 Å². The van der Waals surface area contributed by atoms with Crippen LogP contribution in [0.3, 0.4) is 0 Å². The lowest BCUT2D eigenvalue weighted by Crippen LogP contribution is -2.00. The highest BCUT2D eigenvalue weighted by molar-refractivity contribution is 6.15. The fourth-order valence-electron chi connectivity index (χ4n) is 11.1. The molecule has 11 aromatic carbocycles. The summed E-state index contributed by atoms with van der Waals surface area (Å²) in [4.78, 5) is 15.4. The molecule has 0 bridgehead atoms. The Morgan fingerprint density at radius 1 is 0.267 bits per heavy atom. The zero-order valence-electron chi connectivity index (χ0n) is 40.4. The Balaban J connectivity index is 0.810. The molecule has 0 aliphatic carbocycles. The Morgan fingerprint density at radius 3 is 1.55 bits per heavy atom. The Kier molecular flexibility index (Phi) is 9.78. The monoisotopic (exact) mass is 958 g/mol. The number of nitrogens with zero attached hydrogens (tertiary/aromatic N) is 4. The first-order valence-electron chi connectivity index (χ1n) is 25.2. The van der Waals surface area contributed by atoms with Gasteiger partial charge in [0.05, 0.1) is 11.0 Å². The van der Waals surface area contributed by atoms with Gasteiger partial charge in [-0.1, -0.05) is 194 Å². The van der Waals surface area contributed by atoms with E-state index >= 15 is 0 Å². The van der Waals surface area contributed by atoms with Crippen LogP contribution in [0, 0.1) is 0 Å². The Bertz CT molecular complexity index is 4690. The van der Waals surface area contributed by atoms with Crippen molar-refractivity contribution in [1.29, 1.82) is 0 Å². The van der Waals surface area contributed by atoms with E-state index in [1.54, 1.807) is 0 Å². The summed E-state index contributed by atoms with van der Waals surface area (Å²) < 4.78 is 15.7. The second kappa shape index (κ2) is 17.3. The maximum atomic E-state index is 6.86. The number of benzene rings is 11. The first-order chi connectivity index (χ1) is 37.1. The smallest absolute Gasteiger partial charge is 0.164 e.